The van der Waals surface area contributed by atoms with E-state index in [2.05, 4.69) is 4.98 Å². The number of hydrogen-bond donors (Lipinski definition) is 1. The summed E-state index contributed by atoms with van der Waals surface area (Å²) in [5.41, 5.74) is 8.67. The van der Waals surface area contributed by atoms with E-state index < -0.39 is 0 Å². The number of thiazole rings is 1. The molecule has 0 unspecified atom stereocenters. The van der Waals surface area contributed by atoms with E-state index in [9.17, 15) is 0 Å². The molecule has 0 bridgehead atoms. The summed E-state index contributed by atoms with van der Waals surface area (Å²) in [6.07, 6.45) is 3.68. The van der Waals surface area contributed by atoms with Gasteiger partial charge in [0.2, 0.25) is 0 Å². The van der Waals surface area contributed by atoms with Crippen molar-refractivity contribution in [3.63, 3.8) is 0 Å². The summed E-state index contributed by atoms with van der Waals surface area (Å²) in [5, 5.41) is 0. The highest BCUT2D eigenvalue weighted by Crippen LogP contribution is 2.43. The first-order chi connectivity index (χ1) is 5.42. The second-order valence-electron chi connectivity index (χ2n) is 2.98. The van der Waals surface area contributed by atoms with Crippen LogP contribution in [-0.2, 0) is 6.42 Å². The normalized spacial score (nSPS) is 17.2. The molecule has 3 heteroatoms. The van der Waals surface area contributed by atoms with Gasteiger partial charge >= 0.3 is 0 Å². The Bertz CT molecular complexity index is 240. The van der Waals surface area contributed by atoms with Gasteiger partial charge in [0, 0.05) is 11.3 Å². The van der Waals surface area contributed by atoms with E-state index in [0.717, 1.165) is 18.9 Å². The number of nitrogens with two attached hydrogens (primary N) is 1. The maximum Gasteiger partial charge on any atom is 0.0797 e. The third-order valence-electron chi connectivity index (χ3n) is 2.00. The molecule has 0 radical (unpaired) electrons. The summed E-state index contributed by atoms with van der Waals surface area (Å²) >= 11 is 1.79. The molecule has 2 rings (SSSR count). The fourth-order valence-electron chi connectivity index (χ4n) is 1.28. The molecule has 0 aromatic carbocycles. The van der Waals surface area contributed by atoms with Crippen molar-refractivity contribution in [2.75, 3.05) is 6.54 Å². The van der Waals surface area contributed by atoms with Crippen LogP contribution in [0.15, 0.2) is 5.51 Å². The highest BCUT2D eigenvalue weighted by molar-refractivity contribution is 7.09. The Morgan fingerprint density at radius 1 is 1.64 bits per heavy atom. The van der Waals surface area contributed by atoms with E-state index in [1.807, 2.05) is 5.51 Å². The molecule has 1 aromatic rings. The summed E-state index contributed by atoms with van der Waals surface area (Å²) in [6, 6.07) is 0. The fraction of sp³-hybridized carbons (Fsp3) is 0.625. The SMILES string of the molecule is NCCc1ncsc1C1CC1. The van der Waals surface area contributed by atoms with Gasteiger partial charge in [0.1, 0.15) is 0 Å². The minimum Gasteiger partial charge on any atom is -0.330 e. The van der Waals surface area contributed by atoms with Gasteiger partial charge < -0.3 is 5.73 Å². The summed E-state index contributed by atoms with van der Waals surface area (Å²) in [5.74, 6) is 0.837. The van der Waals surface area contributed by atoms with Gasteiger partial charge in [0.05, 0.1) is 11.2 Å². The largest absolute Gasteiger partial charge is 0.330 e. The molecule has 1 aliphatic carbocycles. The molecule has 60 valence electrons. The maximum absolute atomic E-state index is 5.47. The third-order valence-corrected chi connectivity index (χ3v) is 3.04. The lowest BCUT2D eigenvalue weighted by Gasteiger charge is -1.96. The van der Waals surface area contributed by atoms with Crippen LogP contribution in [0.5, 0.6) is 0 Å². The van der Waals surface area contributed by atoms with Gasteiger partial charge in [-0.3, -0.25) is 0 Å². The topological polar surface area (TPSA) is 38.9 Å². The molecule has 0 atom stereocenters. The molecule has 11 heavy (non-hydrogen) atoms. The van der Waals surface area contributed by atoms with E-state index in [1.54, 1.807) is 11.3 Å². The summed E-state index contributed by atoms with van der Waals surface area (Å²) < 4.78 is 0. The second-order valence-corrected chi connectivity index (χ2v) is 3.86. The van der Waals surface area contributed by atoms with Gasteiger partial charge in [-0.05, 0) is 25.3 Å². The molecule has 1 heterocycles. The molecule has 2 nitrogen and oxygen atoms in total. The van der Waals surface area contributed by atoms with Crippen molar-refractivity contribution in [3.05, 3.63) is 16.1 Å². The zero-order valence-electron chi connectivity index (χ0n) is 6.42. The van der Waals surface area contributed by atoms with Crippen LogP contribution in [0.2, 0.25) is 0 Å². The van der Waals surface area contributed by atoms with Crippen LogP contribution in [-0.4, -0.2) is 11.5 Å². The van der Waals surface area contributed by atoms with Gasteiger partial charge in [-0.2, -0.15) is 0 Å². The molecule has 0 spiro atoms. The Labute approximate surface area is 70.5 Å². The van der Waals surface area contributed by atoms with Crippen molar-refractivity contribution >= 4 is 11.3 Å². The van der Waals surface area contributed by atoms with E-state index in [-0.39, 0.29) is 0 Å². The number of rotatable bonds is 3. The van der Waals surface area contributed by atoms with Crippen LogP contribution >= 0.6 is 11.3 Å². The van der Waals surface area contributed by atoms with Crippen LogP contribution < -0.4 is 5.73 Å². The predicted molar refractivity (Wildman–Crippen MR) is 46.8 cm³/mol. The maximum atomic E-state index is 5.47. The van der Waals surface area contributed by atoms with Crippen molar-refractivity contribution in [1.29, 1.82) is 0 Å². The average Bonchev–Trinajstić information content (AvgIpc) is 2.75. The minimum atomic E-state index is 0.726. The van der Waals surface area contributed by atoms with Gasteiger partial charge in [0.15, 0.2) is 0 Å². The Balaban J connectivity index is 2.16. The van der Waals surface area contributed by atoms with Crippen LogP contribution in [0.1, 0.15) is 29.3 Å². The van der Waals surface area contributed by atoms with Gasteiger partial charge in [-0.1, -0.05) is 0 Å². The predicted octanol–water partition coefficient (Wildman–Crippen LogP) is 1.52. The lowest BCUT2D eigenvalue weighted by molar-refractivity contribution is 0.911. The molecule has 1 aliphatic rings. The number of hydrogen-bond acceptors (Lipinski definition) is 3. The molecule has 1 saturated carbocycles. The van der Waals surface area contributed by atoms with E-state index in [4.69, 9.17) is 5.73 Å². The lowest BCUT2D eigenvalue weighted by atomic mass is 10.2. The molecular formula is C8H12N2S. The first kappa shape index (κ1) is 7.25. The average molecular weight is 168 g/mol. The first-order valence-electron chi connectivity index (χ1n) is 4.04. The second kappa shape index (κ2) is 2.91. The van der Waals surface area contributed by atoms with Crippen LogP contribution in [0.3, 0.4) is 0 Å². The smallest absolute Gasteiger partial charge is 0.0797 e. The molecule has 0 saturated heterocycles. The zero-order chi connectivity index (χ0) is 7.68. The van der Waals surface area contributed by atoms with Crippen molar-refractivity contribution in [1.82, 2.24) is 4.98 Å². The molecule has 1 fully saturated rings. The molecular weight excluding hydrogens is 156 g/mol. The highest BCUT2D eigenvalue weighted by Gasteiger charge is 2.27. The fourth-order valence-corrected chi connectivity index (χ4v) is 2.29. The minimum absolute atomic E-state index is 0.726. The molecule has 2 N–H and O–H groups in total. The van der Waals surface area contributed by atoms with Gasteiger partial charge in [-0.15, -0.1) is 11.3 Å². The van der Waals surface area contributed by atoms with Crippen molar-refractivity contribution in [3.8, 4) is 0 Å². The number of aromatic nitrogens is 1. The molecule has 0 aliphatic heterocycles. The first-order valence-corrected chi connectivity index (χ1v) is 4.92. The quantitative estimate of drug-likeness (QED) is 0.743. The zero-order valence-corrected chi connectivity index (χ0v) is 7.23. The van der Waals surface area contributed by atoms with E-state index >= 15 is 0 Å². The van der Waals surface area contributed by atoms with Gasteiger partial charge in [-0.25, -0.2) is 4.98 Å². The number of nitrogens with zero attached hydrogens (tertiary/aromatic N) is 1. The molecule has 0 amide bonds. The van der Waals surface area contributed by atoms with Crippen molar-refractivity contribution in [2.45, 2.75) is 25.2 Å². The van der Waals surface area contributed by atoms with Crippen molar-refractivity contribution < 1.29 is 0 Å². The molecule has 1 aromatic heterocycles. The van der Waals surface area contributed by atoms with Crippen molar-refractivity contribution in [2.24, 2.45) is 5.73 Å². The Hall–Kier alpha value is -0.410. The standard InChI is InChI=1S/C8H12N2S/c9-4-3-7-8(6-1-2-6)11-5-10-7/h5-6H,1-4,9H2. The lowest BCUT2D eigenvalue weighted by Crippen LogP contribution is -2.04. The van der Waals surface area contributed by atoms with Gasteiger partial charge in [0.25, 0.3) is 0 Å². The van der Waals surface area contributed by atoms with Crippen LogP contribution in [0, 0.1) is 0 Å². The van der Waals surface area contributed by atoms with Crippen LogP contribution in [0.4, 0.5) is 0 Å². The Morgan fingerprint density at radius 2 is 2.45 bits per heavy atom. The summed E-state index contributed by atoms with van der Waals surface area (Å²) in [7, 11) is 0. The highest BCUT2D eigenvalue weighted by atomic mass is 32.1. The third kappa shape index (κ3) is 1.44. The Morgan fingerprint density at radius 3 is 3.09 bits per heavy atom. The van der Waals surface area contributed by atoms with E-state index in [1.165, 1.54) is 23.4 Å². The van der Waals surface area contributed by atoms with E-state index in [0.29, 0.717) is 0 Å². The van der Waals surface area contributed by atoms with Crippen LogP contribution in [0.25, 0.3) is 0 Å². The monoisotopic (exact) mass is 168 g/mol. The summed E-state index contributed by atoms with van der Waals surface area (Å²) in [6.45, 7) is 0.726. The Kier molecular flexibility index (Phi) is 1.92. The summed E-state index contributed by atoms with van der Waals surface area (Å²) in [4.78, 5) is 5.80.